The molecule has 3 aromatic carbocycles. The van der Waals surface area contributed by atoms with Gasteiger partial charge in [0.25, 0.3) is 5.91 Å². The van der Waals surface area contributed by atoms with Crippen LogP contribution in [0.1, 0.15) is 53.5 Å². The number of hydrogen-bond acceptors (Lipinski definition) is 9. The summed E-state index contributed by atoms with van der Waals surface area (Å²) in [5, 5.41) is 15.8. The monoisotopic (exact) mass is 635 g/mol. The fourth-order valence-corrected chi connectivity index (χ4v) is 4.81. The van der Waals surface area contributed by atoms with Crippen LogP contribution in [0.5, 0.6) is 17.2 Å². The number of carbonyl (C=O) groups excluding carboxylic acids is 2. The van der Waals surface area contributed by atoms with Crippen molar-refractivity contribution in [3.05, 3.63) is 94.0 Å². The van der Waals surface area contributed by atoms with E-state index >= 15 is 0 Å². The molecule has 2 amide bonds. The number of rotatable bonds is 17. The summed E-state index contributed by atoms with van der Waals surface area (Å²) in [5.74, 6) is 1.37. The number of ether oxygens (including phenoxy) is 3. The van der Waals surface area contributed by atoms with Gasteiger partial charge in [0.05, 0.1) is 19.2 Å². The molecule has 10 nitrogen and oxygen atoms in total. The van der Waals surface area contributed by atoms with E-state index in [1.807, 2.05) is 30.3 Å². The molecule has 0 atom stereocenters. The Morgan fingerprint density at radius 2 is 1.61 bits per heavy atom. The second kappa shape index (κ2) is 17.6. The van der Waals surface area contributed by atoms with Gasteiger partial charge >= 0.3 is 0 Å². The standard InChI is InChI=1S/C32H34ClN5O5S/c1-2-3-4-8-17-41-26-12-14-27(15-13-26)42-18-19-43-28-16-11-25(33)20-24(28)22-34-36-29(39)21-30-37-38-32(44-30)35-31(40)23-9-6-5-7-10-23/h5-7,9-16,20,22H,2-4,8,17-19,21H2,1H3,(H,36,39)(H,35,38,40). The summed E-state index contributed by atoms with van der Waals surface area (Å²) in [4.78, 5) is 24.7. The van der Waals surface area contributed by atoms with Crippen LogP contribution in [0.15, 0.2) is 77.9 Å². The Morgan fingerprint density at radius 1 is 0.886 bits per heavy atom. The molecule has 4 rings (SSSR count). The number of amides is 2. The Bertz CT molecular complexity index is 1520. The Kier molecular flexibility index (Phi) is 13.0. The average molecular weight is 636 g/mol. The van der Waals surface area contributed by atoms with Gasteiger partial charge in [-0.1, -0.05) is 67.3 Å². The zero-order chi connectivity index (χ0) is 31.0. The first-order valence-corrected chi connectivity index (χ1v) is 15.5. The third kappa shape index (κ3) is 11.0. The van der Waals surface area contributed by atoms with Gasteiger partial charge in [-0.2, -0.15) is 5.10 Å². The van der Waals surface area contributed by atoms with Crippen molar-refractivity contribution in [1.82, 2.24) is 15.6 Å². The maximum atomic E-state index is 12.4. The van der Waals surface area contributed by atoms with Crippen LogP contribution in [0.2, 0.25) is 5.02 Å². The van der Waals surface area contributed by atoms with Gasteiger partial charge in [0.15, 0.2) is 0 Å². The number of aromatic nitrogens is 2. The zero-order valence-corrected chi connectivity index (χ0v) is 25.9. The lowest BCUT2D eigenvalue weighted by molar-refractivity contribution is -0.120. The second-order valence-electron chi connectivity index (χ2n) is 9.55. The Labute approximate surface area is 265 Å². The Hall–Kier alpha value is -4.48. The zero-order valence-electron chi connectivity index (χ0n) is 24.3. The summed E-state index contributed by atoms with van der Waals surface area (Å²) < 4.78 is 17.4. The number of nitrogens with one attached hydrogen (secondary N) is 2. The summed E-state index contributed by atoms with van der Waals surface area (Å²) in [6.07, 6.45) is 6.06. The van der Waals surface area contributed by atoms with E-state index in [0.29, 0.717) is 51.0 Å². The first kappa shape index (κ1) is 32.4. The molecule has 0 saturated heterocycles. The number of anilines is 1. The van der Waals surface area contributed by atoms with Crippen molar-refractivity contribution in [2.24, 2.45) is 5.10 Å². The van der Waals surface area contributed by atoms with Crippen LogP contribution < -0.4 is 25.0 Å². The molecule has 0 bridgehead atoms. The topological polar surface area (TPSA) is 124 Å². The summed E-state index contributed by atoms with van der Waals surface area (Å²) >= 11 is 7.28. The summed E-state index contributed by atoms with van der Waals surface area (Å²) in [7, 11) is 0. The number of carbonyl (C=O) groups is 2. The van der Waals surface area contributed by atoms with Crippen LogP contribution in [0, 0.1) is 0 Å². The molecule has 0 spiro atoms. The van der Waals surface area contributed by atoms with Gasteiger partial charge in [-0.05, 0) is 61.0 Å². The van der Waals surface area contributed by atoms with Gasteiger partial charge in [0.1, 0.15) is 35.5 Å². The predicted molar refractivity (Wildman–Crippen MR) is 172 cm³/mol. The molecule has 0 aliphatic carbocycles. The average Bonchev–Trinajstić information content (AvgIpc) is 3.47. The molecule has 2 N–H and O–H groups in total. The van der Waals surface area contributed by atoms with Crippen molar-refractivity contribution in [3.63, 3.8) is 0 Å². The molecule has 0 fully saturated rings. The summed E-state index contributed by atoms with van der Waals surface area (Å²) in [5.41, 5.74) is 3.55. The molecule has 230 valence electrons. The molecule has 0 aliphatic rings. The number of unbranched alkanes of at least 4 members (excludes halogenated alkanes) is 3. The number of benzene rings is 3. The first-order chi connectivity index (χ1) is 21.5. The maximum absolute atomic E-state index is 12.4. The number of halogens is 1. The van der Waals surface area contributed by atoms with Crippen molar-refractivity contribution in [2.75, 3.05) is 25.1 Å². The first-order valence-electron chi connectivity index (χ1n) is 14.3. The van der Waals surface area contributed by atoms with Gasteiger partial charge in [-0.25, -0.2) is 5.43 Å². The van der Waals surface area contributed by atoms with Gasteiger partial charge < -0.3 is 14.2 Å². The molecular formula is C32H34ClN5O5S. The Morgan fingerprint density at radius 3 is 2.36 bits per heavy atom. The normalized spacial score (nSPS) is 10.9. The van der Waals surface area contributed by atoms with E-state index in [0.717, 1.165) is 23.5 Å². The molecule has 1 heterocycles. The second-order valence-corrected chi connectivity index (χ2v) is 11.0. The molecule has 0 unspecified atom stereocenters. The third-order valence-corrected chi connectivity index (χ3v) is 7.17. The predicted octanol–water partition coefficient (Wildman–Crippen LogP) is 6.55. The highest BCUT2D eigenvalue weighted by Gasteiger charge is 2.12. The lowest BCUT2D eigenvalue weighted by Crippen LogP contribution is -2.19. The summed E-state index contributed by atoms with van der Waals surface area (Å²) in [6.45, 7) is 3.51. The quantitative estimate of drug-likeness (QED) is 0.0765. The van der Waals surface area contributed by atoms with E-state index in [2.05, 4.69) is 33.0 Å². The van der Waals surface area contributed by atoms with Crippen molar-refractivity contribution < 1.29 is 23.8 Å². The van der Waals surface area contributed by atoms with E-state index in [1.54, 1.807) is 42.5 Å². The summed E-state index contributed by atoms with van der Waals surface area (Å²) in [6, 6.07) is 21.4. The van der Waals surface area contributed by atoms with Crippen molar-refractivity contribution in [1.29, 1.82) is 0 Å². The van der Waals surface area contributed by atoms with Gasteiger partial charge in [-0.3, -0.25) is 14.9 Å². The van der Waals surface area contributed by atoms with E-state index in [-0.39, 0.29) is 18.9 Å². The van der Waals surface area contributed by atoms with Crippen LogP contribution in [0.4, 0.5) is 5.13 Å². The van der Waals surface area contributed by atoms with Crippen molar-refractivity contribution in [2.45, 2.75) is 39.0 Å². The molecule has 0 radical (unpaired) electrons. The fourth-order valence-electron chi connectivity index (χ4n) is 3.90. The molecule has 12 heteroatoms. The minimum Gasteiger partial charge on any atom is -0.494 e. The van der Waals surface area contributed by atoms with Crippen LogP contribution in [0.3, 0.4) is 0 Å². The van der Waals surface area contributed by atoms with E-state index < -0.39 is 5.91 Å². The molecule has 0 aliphatic heterocycles. The molecule has 4 aromatic rings. The van der Waals surface area contributed by atoms with Crippen LogP contribution in [-0.2, 0) is 11.2 Å². The molecular weight excluding hydrogens is 602 g/mol. The van der Waals surface area contributed by atoms with E-state index in [9.17, 15) is 9.59 Å². The highest BCUT2D eigenvalue weighted by Crippen LogP contribution is 2.22. The fraction of sp³-hybridized carbons (Fsp3) is 0.281. The number of hydrogen-bond donors (Lipinski definition) is 2. The van der Waals surface area contributed by atoms with Gasteiger partial charge in [0, 0.05) is 16.1 Å². The minimum absolute atomic E-state index is 0.0570. The highest BCUT2D eigenvalue weighted by atomic mass is 35.5. The Balaban J connectivity index is 1.19. The van der Waals surface area contributed by atoms with Crippen LogP contribution in [-0.4, -0.2) is 48.0 Å². The molecule has 1 aromatic heterocycles. The third-order valence-electron chi connectivity index (χ3n) is 6.10. The van der Waals surface area contributed by atoms with Gasteiger partial charge in [0.2, 0.25) is 11.0 Å². The molecule has 0 saturated carbocycles. The van der Waals surface area contributed by atoms with Crippen LogP contribution >= 0.6 is 22.9 Å². The molecule has 44 heavy (non-hydrogen) atoms. The van der Waals surface area contributed by atoms with E-state index in [4.69, 9.17) is 25.8 Å². The lowest BCUT2D eigenvalue weighted by atomic mass is 10.2. The maximum Gasteiger partial charge on any atom is 0.257 e. The van der Waals surface area contributed by atoms with Crippen molar-refractivity contribution in [3.8, 4) is 17.2 Å². The van der Waals surface area contributed by atoms with Crippen molar-refractivity contribution >= 4 is 46.1 Å². The highest BCUT2D eigenvalue weighted by molar-refractivity contribution is 7.15. The minimum atomic E-state index is -0.399. The lowest BCUT2D eigenvalue weighted by Gasteiger charge is -2.11. The SMILES string of the molecule is CCCCCCOc1ccc(OCCOc2ccc(Cl)cc2C=NNC(=O)Cc2nnc(NC(=O)c3ccccc3)s2)cc1. The number of nitrogens with zero attached hydrogens (tertiary/aromatic N) is 3. The van der Waals surface area contributed by atoms with E-state index in [1.165, 1.54) is 25.5 Å². The van der Waals surface area contributed by atoms with Crippen LogP contribution in [0.25, 0.3) is 0 Å². The van der Waals surface area contributed by atoms with Gasteiger partial charge in [-0.15, -0.1) is 10.2 Å². The smallest absolute Gasteiger partial charge is 0.257 e. The number of hydrazone groups is 1. The largest absolute Gasteiger partial charge is 0.494 e.